The Hall–Kier alpha value is -1.81. The van der Waals surface area contributed by atoms with Crippen LogP contribution >= 0.6 is 0 Å². The molecule has 1 aromatic carbocycles. The number of carbonyl (C=O) groups is 1. The van der Waals surface area contributed by atoms with E-state index < -0.39 is 0 Å². The normalized spacial score (nSPS) is 23.4. The van der Waals surface area contributed by atoms with Crippen molar-refractivity contribution in [2.75, 3.05) is 6.61 Å². The zero-order chi connectivity index (χ0) is 13.2. The zero-order valence-electron chi connectivity index (χ0n) is 11.0. The van der Waals surface area contributed by atoms with Crippen LogP contribution in [-0.2, 0) is 4.74 Å². The smallest absolute Gasteiger partial charge is 0.253 e. The molecule has 0 saturated carbocycles. The van der Waals surface area contributed by atoms with Gasteiger partial charge >= 0.3 is 0 Å². The number of carbonyl (C=O) groups excluding carboxylic acids is 1. The monoisotopic (exact) mass is 258 g/mol. The Morgan fingerprint density at radius 3 is 3.16 bits per heavy atom. The van der Waals surface area contributed by atoms with Crippen molar-refractivity contribution >= 4 is 16.8 Å². The van der Waals surface area contributed by atoms with Crippen molar-refractivity contribution < 1.29 is 9.53 Å². The van der Waals surface area contributed by atoms with Gasteiger partial charge < -0.3 is 15.0 Å². The standard InChI is InChI=1S/C15H18N2O2/c1-10-9-12(6-8-19-10)17-15(18)13-4-2-3-11-5-7-16-14(11)13/h2-5,7,10,12,16H,6,8-9H2,1H3,(H,17,18). The van der Waals surface area contributed by atoms with Crippen LogP contribution in [0.3, 0.4) is 0 Å². The topological polar surface area (TPSA) is 54.1 Å². The molecule has 0 radical (unpaired) electrons. The SMILES string of the molecule is CC1CC(NC(=O)c2cccc3cc[nH]c23)CCO1. The number of fused-ring (bicyclic) bond motifs is 1. The molecule has 0 spiro atoms. The number of para-hydroxylation sites is 1. The van der Waals surface area contributed by atoms with Gasteiger partial charge in [-0.3, -0.25) is 4.79 Å². The van der Waals surface area contributed by atoms with Gasteiger partial charge in [0.1, 0.15) is 0 Å². The van der Waals surface area contributed by atoms with E-state index in [1.807, 2.05) is 37.4 Å². The van der Waals surface area contributed by atoms with Gasteiger partial charge in [-0.05, 0) is 31.9 Å². The third kappa shape index (κ3) is 2.49. The quantitative estimate of drug-likeness (QED) is 0.869. The number of benzene rings is 1. The number of amides is 1. The van der Waals surface area contributed by atoms with Crippen LogP contribution in [0, 0.1) is 0 Å². The number of H-pyrrole nitrogens is 1. The molecular weight excluding hydrogens is 240 g/mol. The average Bonchev–Trinajstić information content (AvgIpc) is 2.86. The molecule has 1 fully saturated rings. The minimum atomic E-state index is -0.00727. The highest BCUT2D eigenvalue weighted by Gasteiger charge is 2.22. The zero-order valence-corrected chi connectivity index (χ0v) is 11.0. The average molecular weight is 258 g/mol. The van der Waals surface area contributed by atoms with E-state index in [0.29, 0.717) is 5.56 Å². The predicted octanol–water partition coefficient (Wildman–Crippen LogP) is 2.47. The minimum absolute atomic E-state index is 0.00727. The van der Waals surface area contributed by atoms with Crippen molar-refractivity contribution in [2.24, 2.45) is 0 Å². The maximum Gasteiger partial charge on any atom is 0.253 e. The highest BCUT2D eigenvalue weighted by atomic mass is 16.5. The second-order valence-electron chi connectivity index (χ2n) is 5.12. The molecule has 2 heterocycles. The second-order valence-corrected chi connectivity index (χ2v) is 5.12. The molecule has 2 atom stereocenters. The van der Waals surface area contributed by atoms with Gasteiger partial charge in [-0.25, -0.2) is 0 Å². The number of hydrogen-bond donors (Lipinski definition) is 2. The lowest BCUT2D eigenvalue weighted by atomic mass is 10.0. The molecule has 1 amide bonds. The Bertz CT molecular complexity index is 591. The van der Waals surface area contributed by atoms with E-state index in [-0.39, 0.29) is 18.1 Å². The first-order chi connectivity index (χ1) is 9.24. The molecule has 1 saturated heterocycles. The number of rotatable bonds is 2. The highest BCUT2D eigenvalue weighted by molar-refractivity contribution is 6.05. The summed E-state index contributed by atoms with van der Waals surface area (Å²) in [5.74, 6) is -0.00727. The maximum absolute atomic E-state index is 12.4. The number of nitrogens with one attached hydrogen (secondary N) is 2. The number of hydrogen-bond acceptors (Lipinski definition) is 2. The van der Waals surface area contributed by atoms with Gasteiger partial charge in [-0.15, -0.1) is 0 Å². The Balaban J connectivity index is 1.78. The Labute approximate surface area is 112 Å². The largest absolute Gasteiger partial charge is 0.378 e. The van der Waals surface area contributed by atoms with Crippen LogP contribution in [0.25, 0.3) is 10.9 Å². The lowest BCUT2D eigenvalue weighted by Gasteiger charge is -2.28. The van der Waals surface area contributed by atoms with Crippen molar-refractivity contribution in [3.05, 3.63) is 36.0 Å². The second kappa shape index (κ2) is 5.05. The van der Waals surface area contributed by atoms with Crippen molar-refractivity contribution in [3.63, 3.8) is 0 Å². The summed E-state index contributed by atoms with van der Waals surface area (Å²) in [7, 11) is 0. The third-order valence-corrected chi connectivity index (χ3v) is 3.65. The van der Waals surface area contributed by atoms with Crippen molar-refractivity contribution in [1.29, 1.82) is 0 Å². The molecule has 2 unspecified atom stereocenters. The molecule has 1 aromatic heterocycles. The molecule has 3 rings (SSSR count). The van der Waals surface area contributed by atoms with Crippen LogP contribution in [0.15, 0.2) is 30.5 Å². The lowest BCUT2D eigenvalue weighted by molar-refractivity contribution is 0.0137. The number of aromatic nitrogens is 1. The Morgan fingerprint density at radius 1 is 1.42 bits per heavy atom. The van der Waals surface area contributed by atoms with Crippen LogP contribution in [0.4, 0.5) is 0 Å². The first kappa shape index (κ1) is 12.2. The van der Waals surface area contributed by atoms with Crippen LogP contribution in [0.2, 0.25) is 0 Å². The fourth-order valence-corrected chi connectivity index (χ4v) is 2.67. The van der Waals surface area contributed by atoms with E-state index in [1.54, 1.807) is 0 Å². The van der Waals surface area contributed by atoms with E-state index in [2.05, 4.69) is 10.3 Å². The first-order valence-electron chi connectivity index (χ1n) is 6.72. The molecule has 100 valence electrons. The minimum Gasteiger partial charge on any atom is -0.378 e. The van der Waals surface area contributed by atoms with Gasteiger partial charge in [-0.1, -0.05) is 12.1 Å². The molecule has 0 aliphatic carbocycles. The van der Waals surface area contributed by atoms with Crippen LogP contribution in [0.1, 0.15) is 30.1 Å². The number of ether oxygens (including phenoxy) is 1. The van der Waals surface area contributed by atoms with E-state index in [4.69, 9.17) is 4.74 Å². The molecule has 19 heavy (non-hydrogen) atoms. The fourth-order valence-electron chi connectivity index (χ4n) is 2.67. The van der Waals surface area contributed by atoms with Gasteiger partial charge in [0.05, 0.1) is 17.2 Å². The fraction of sp³-hybridized carbons (Fsp3) is 0.400. The highest BCUT2D eigenvalue weighted by Crippen LogP contribution is 2.18. The van der Waals surface area contributed by atoms with Crippen LogP contribution < -0.4 is 5.32 Å². The summed E-state index contributed by atoms with van der Waals surface area (Å²) >= 11 is 0. The molecule has 2 aromatic rings. The number of aromatic amines is 1. The predicted molar refractivity (Wildman–Crippen MR) is 74.2 cm³/mol. The summed E-state index contributed by atoms with van der Waals surface area (Å²) in [6.45, 7) is 2.77. The summed E-state index contributed by atoms with van der Waals surface area (Å²) in [5.41, 5.74) is 1.61. The van der Waals surface area contributed by atoms with E-state index in [0.717, 1.165) is 30.4 Å². The van der Waals surface area contributed by atoms with Gasteiger partial charge in [0, 0.05) is 24.2 Å². The van der Waals surface area contributed by atoms with Gasteiger partial charge in [0.25, 0.3) is 5.91 Å². The summed E-state index contributed by atoms with van der Waals surface area (Å²) in [6.07, 6.45) is 3.85. The van der Waals surface area contributed by atoms with Gasteiger partial charge in [-0.2, -0.15) is 0 Å². The van der Waals surface area contributed by atoms with E-state index in [1.165, 1.54) is 0 Å². The Morgan fingerprint density at radius 2 is 2.32 bits per heavy atom. The van der Waals surface area contributed by atoms with Crippen LogP contribution in [-0.4, -0.2) is 29.6 Å². The molecule has 0 bridgehead atoms. The maximum atomic E-state index is 12.4. The third-order valence-electron chi connectivity index (χ3n) is 3.65. The molecule has 1 aliphatic heterocycles. The molecule has 1 aliphatic rings. The van der Waals surface area contributed by atoms with E-state index in [9.17, 15) is 4.79 Å². The lowest BCUT2D eigenvalue weighted by Crippen LogP contribution is -2.41. The van der Waals surface area contributed by atoms with Crippen LogP contribution in [0.5, 0.6) is 0 Å². The van der Waals surface area contributed by atoms with Gasteiger partial charge in [0.2, 0.25) is 0 Å². The Kier molecular flexibility index (Phi) is 3.25. The first-order valence-corrected chi connectivity index (χ1v) is 6.72. The van der Waals surface area contributed by atoms with Crippen molar-refractivity contribution in [3.8, 4) is 0 Å². The van der Waals surface area contributed by atoms with Gasteiger partial charge in [0.15, 0.2) is 0 Å². The summed E-state index contributed by atoms with van der Waals surface area (Å²) in [5, 5.41) is 4.17. The molecule has 4 heteroatoms. The van der Waals surface area contributed by atoms with E-state index >= 15 is 0 Å². The summed E-state index contributed by atoms with van der Waals surface area (Å²) in [6, 6.07) is 7.96. The summed E-state index contributed by atoms with van der Waals surface area (Å²) < 4.78 is 5.50. The molecular formula is C15H18N2O2. The van der Waals surface area contributed by atoms with Crippen molar-refractivity contribution in [1.82, 2.24) is 10.3 Å². The van der Waals surface area contributed by atoms with Crippen molar-refractivity contribution in [2.45, 2.75) is 31.9 Å². The summed E-state index contributed by atoms with van der Waals surface area (Å²) in [4.78, 5) is 15.5. The molecule has 4 nitrogen and oxygen atoms in total. The molecule has 2 N–H and O–H groups in total.